The van der Waals surface area contributed by atoms with Gasteiger partial charge < -0.3 is 10.1 Å². The third kappa shape index (κ3) is 4.78. The largest absolute Gasteiger partial charge is 0.497 e. The van der Waals surface area contributed by atoms with Crippen LogP contribution >= 0.6 is 0 Å². The fourth-order valence-electron chi connectivity index (χ4n) is 4.70. The van der Waals surface area contributed by atoms with Gasteiger partial charge in [0, 0.05) is 30.7 Å². The van der Waals surface area contributed by atoms with Crippen molar-refractivity contribution < 1.29 is 9.53 Å². The van der Waals surface area contributed by atoms with Crippen LogP contribution in [-0.4, -0.2) is 52.8 Å². The van der Waals surface area contributed by atoms with Crippen molar-refractivity contribution in [1.82, 2.24) is 25.0 Å². The zero-order valence-electron chi connectivity index (χ0n) is 19.4. The SMILES string of the molecule is COc1ccc(C2C(CNC(=O)c3cnc4c(cnn4CC(C)C)c3)CCCN2C)cc1. The Bertz CT molecular complexity index is 1060. The number of fused-ring (bicyclic) bond motifs is 1. The number of methoxy groups -OCH3 is 1. The Hall–Kier alpha value is -2.93. The zero-order chi connectivity index (χ0) is 22.7. The first-order valence-corrected chi connectivity index (χ1v) is 11.4. The monoisotopic (exact) mass is 435 g/mol. The summed E-state index contributed by atoms with van der Waals surface area (Å²) in [5.41, 5.74) is 2.66. The summed E-state index contributed by atoms with van der Waals surface area (Å²) in [6, 6.07) is 10.4. The molecule has 2 unspecified atom stereocenters. The fraction of sp³-hybridized carbons (Fsp3) is 0.480. The average molecular weight is 436 g/mol. The lowest BCUT2D eigenvalue weighted by Crippen LogP contribution is -2.41. The molecule has 0 saturated carbocycles. The number of hydrogen-bond acceptors (Lipinski definition) is 5. The molecule has 7 heteroatoms. The minimum atomic E-state index is -0.0854. The topological polar surface area (TPSA) is 72.3 Å². The highest BCUT2D eigenvalue weighted by Gasteiger charge is 2.30. The van der Waals surface area contributed by atoms with Crippen LogP contribution in [0.4, 0.5) is 0 Å². The summed E-state index contributed by atoms with van der Waals surface area (Å²) in [6.45, 7) is 6.80. The van der Waals surface area contributed by atoms with Crippen molar-refractivity contribution in [2.75, 3.05) is 27.2 Å². The molecule has 1 N–H and O–H groups in total. The number of piperidine rings is 1. The van der Waals surface area contributed by atoms with E-state index in [-0.39, 0.29) is 11.9 Å². The number of likely N-dealkylation sites (tertiary alicyclic amines) is 1. The third-order valence-electron chi connectivity index (χ3n) is 6.27. The molecule has 170 valence electrons. The average Bonchev–Trinajstić information content (AvgIpc) is 3.19. The molecule has 1 aliphatic rings. The molecule has 0 spiro atoms. The summed E-state index contributed by atoms with van der Waals surface area (Å²) >= 11 is 0. The van der Waals surface area contributed by atoms with Crippen LogP contribution in [0, 0.1) is 11.8 Å². The van der Waals surface area contributed by atoms with Gasteiger partial charge in [0.2, 0.25) is 0 Å². The molecule has 1 fully saturated rings. The van der Waals surface area contributed by atoms with Gasteiger partial charge in [-0.2, -0.15) is 5.10 Å². The van der Waals surface area contributed by atoms with E-state index in [4.69, 9.17) is 4.74 Å². The lowest BCUT2D eigenvalue weighted by Gasteiger charge is -2.39. The third-order valence-corrected chi connectivity index (χ3v) is 6.27. The van der Waals surface area contributed by atoms with Crippen LogP contribution in [0.1, 0.15) is 48.7 Å². The van der Waals surface area contributed by atoms with Crippen LogP contribution in [0.25, 0.3) is 11.0 Å². The van der Waals surface area contributed by atoms with Crippen molar-refractivity contribution in [3.63, 3.8) is 0 Å². The number of amides is 1. The van der Waals surface area contributed by atoms with Gasteiger partial charge in [0.25, 0.3) is 5.91 Å². The van der Waals surface area contributed by atoms with Gasteiger partial charge >= 0.3 is 0 Å². The van der Waals surface area contributed by atoms with E-state index < -0.39 is 0 Å². The van der Waals surface area contributed by atoms with Gasteiger partial charge in [-0.05, 0) is 62.0 Å². The van der Waals surface area contributed by atoms with Crippen LogP contribution in [-0.2, 0) is 6.54 Å². The van der Waals surface area contributed by atoms with E-state index in [9.17, 15) is 4.79 Å². The van der Waals surface area contributed by atoms with E-state index in [0.29, 0.717) is 23.9 Å². The minimum Gasteiger partial charge on any atom is -0.497 e. The number of aromatic nitrogens is 3. The van der Waals surface area contributed by atoms with Gasteiger partial charge in [0.05, 0.1) is 18.9 Å². The minimum absolute atomic E-state index is 0.0854. The predicted octanol–water partition coefficient (Wildman–Crippen LogP) is 3.91. The van der Waals surface area contributed by atoms with Gasteiger partial charge in [-0.25, -0.2) is 9.67 Å². The van der Waals surface area contributed by atoms with Crippen LogP contribution < -0.4 is 10.1 Å². The molecule has 7 nitrogen and oxygen atoms in total. The van der Waals surface area contributed by atoms with Gasteiger partial charge in [0.15, 0.2) is 5.65 Å². The van der Waals surface area contributed by atoms with Crippen LogP contribution in [0.5, 0.6) is 5.75 Å². The lowest BCUT2D eigenvalue weighted by atomic mass is 9.85. The van der Waals surface area contributed by atoms with E-state index in [1.165, 1.54) is 5.56 Å². The van der Waals surface area contributed by atoms with Gasteiger partial charge in [0.1, 0.15) is 5.75 Å². The Kier molecular flexibility index (Phi) is 6.74. The number of hydrogen-bond donors (Lipinski definition) is 1. The van der Waals surface area contributed by atoms with E-state index in [1.807, 2.05) is 22.9 Å². The molecule has 1 aliphatic heterocycles. The van der Waals surface area contributed by atoms with Crippen molar-refractivity contribution in [3.05, 3.63) is 53.9 Å². The second kappa shape index (κ2) is 9.69. The molecule has 3 heterocycles. The number of nitrogens with one attached hydrogen (secondary N) is 1. The summed E-state index contributed by atoms with van der Waals surface area (Å²) in [7, 11) is 3.84. The second-order valence-electron chi connectivity index (χ2n) is 9.17. The maximum atomic E-state index is 12.9. The van der Waals surface area contributed by atoms with Crippen molar-refractivity contribution in [2.45, 2.75) is 39.3 Å². The Labute approximate surface area is 189 Å². The smallest absolute Gasteiger partial charge is 0.252 e. The standard InChI is InChI=1S/C25H33N5O2/c1-17(2)16-30-24-20(15-28-30)12-21(14-26-24)25(31)27-13-19-6-5-11-29(3)23(19)18-7-9-22(32-4)10-8-18/h7-10,12,14-15,17,19,23H,5-6,11,13,16H2,1-4H3,(H,27,31). The van der Waals surface area contributed by atoms with E-state index >= 15 is 0 Å². The molecule has 32 heavy (non-hydrogen) atoms. The Morgan fingerprint density at radius 3 is 2.75 bits per heavy atom. The first-order chi connectivity index (χ1) is 15.5. The molecule has 1 aromatic carbocycles. The highest BCUT2D eigenvalue weighted by Crippen LogP contribution is 2.35. The highest BCUT2D eigenvalue weighted by molar-refractivity contribution is 5.96. The van der Waals surface area contributed by atoms with Crippen LogP contribution in [0.2, 0.25) is 0 Å². The number of benzene rings is 1. The molecule has 0 bridgehead atoms. The molecule has 2 atom stereocenters. The van der Waals surface area contributed by atoms with Gasteiger partial charge in [-0.3, -0.25) is 9.69 Å². The van der Waals surface area contributed by atoms with Crippen molar-refractivity contribution in [2.24, 2.45) is 11.8 Å². The summed E-state index contributed by atoms with van der Waals surface area (Å²) in [4.78, 5) is 19.8. The summed E-state index contributed by atoms with van der Waals surface area (Å²) in [5.74, 6) is 1.60. The van der Waals surface area contributed by atoms with Gasteiger partial charge in [-0.1, -0.05) is 26.0 Å². The van der Waals surface area contributed by atoms with Crippen LogP contribution in [0.15, 0.2) is 42.7 Å². The number of carbonyl (C=O) groups is 1. The first kappa shape index (κ1) is 22.3. The molecular formula is C25H33N5O2. The Balaban J connectivity index is 1.45. The summed E-state index contributed by atoms with van der Waals surface area (Å²) in [6.07, 6.45) is 5.66. The normalized spacial score (nSPS) is 19.4. The lowest BCUT2D eigenvalue weighted by molar-refractivity contribution is 0.0891. The number of pyridine rings is 1. The van der Waals surface area contributed by atoms with E-state index in [0.717, 1.165) is 42.7 Å². The van der Waals surface area contributed by atoms with Crippen molar-refractivity contribution in [3.8, 4) is 5.75 Å². The maximum absolute atomic E-state index is 12.9. The summed E-state index contributed by atoms with van der Waals surface area (Å²) < 4.78 is 7.21. The van der Waals surface area contributed by atoms with E-state index in [2.05, 4.69) is 53.3 Å². The molecule has 4 rings (SSSR count). The molecule has 3 aromatic rings. The number of ether oxygens (including phenoxy) is 1. The predicted molar refractivity (Wildman–Crippen MR) is 126 cm³/mol. The number of rotatable bonds is 7. The molecule has 0 radical (unpaired) electrons. The van der Waals surface area contributed by atoms with E-state index in [1.54, 1.807) is 19.5 Å². The zero-order valence-corrected chi connectivity index (χ0v) is 19.4. The number of carbonyl (C=O) groups excluding carboxylic acids is 1. The second-order valence-corrected chi connectivity index (χ2v) is 9.17. The maximum Gasteiger partial charge on any atom is 0.252 e. The van der Waals surface area contributed by atoms with Crippen molar-refractivity contribution in [1.29, 1.82) is 0 Å². The molecule has 0 aliphatic carbocycles. The Morgan fingerprint density at radius 2 is 2.03 bits per heavy atom. The quantitative estimate of drug-likeness (QED) is 0.609. The van der Waals surface area contributed by atoms with Crippen LogP contribution in [0.3, 0.4) is 0 Å². The molecule has 1 saturated heterocycles. The Morgan fingerprint density at radius 1 is 1.25 bits per heavy atom. The molecular weight excluding hydrogens is 402 g/mol. The van der Waals surface area contributed by atoms with Crippen molar-refractivity contribution >= 4 is 16.9 Å². The first-order valence-electron chi connectivity index (χ1n) is 11.4. The molecule has 1 amide bonds. The number of nitrogens with zero attached hydrogens (tertiary/aromatic N) is 4. The highest BCUT2D eigenvalue weighted by atomic mass is 16.5. The summed E-state index contributed by atoms with van der Waals surface area (Å²) in [5, 5.41) is 8.48. The van der Waals surface area contributed by atoms with Gasteiger partial charge in [-0.15, -0.1) is 0 Å². The fourth-order valence-corrected chi connectivity index (χ4v) is 4.70. The molecule has 2 aromatic heterocycles.